The van der Waals surface area contributed by atoms with Crippen LogP contribution in [-0.4, -0.2) is 102 Å². The number of aromatic nitrogens is 2. The van der Waals surface area contributed by atoms with Crippen molar-refractivity contribution in [2.75, 3.05) is 53.6 Å². The Balaban J connectivity index is 0.932. The van der Waals surface area contributed by atoms with Gasteiger partial charge < -0.3 is 36.3 Å². The predicted octanol–water partition coefficient (Wildman–Crippen LogP) is 4.71. The van der Waals surface area contributed by atoms with Crippen molar-refractivity contribution in [1.82, 2.24) is 24.5 Å². The largest absolute Gasteiger partial charge is 0.385 e. The molecule has 1 fully saturated rings. The van der Waals surface area contributed by atoms with Crippen LogP contribution in [0.5, 0.6) is 0 Å². The molecule has 3 aromatic carbocycles. The van der Waals surface area contributed by atoms with Crippen molar-refractivity contribution in [3.05, 3.63) is 89.6 Å². The molecule has 1 aromatic heterocycles. The molecule has 4 amide bonds. The molecule has 1 unspecified atom stereocenters. The van der Waals surface area contributed by atoms with E-state index in [-0.39, 0.29) is 34.8 Å². The lowest BCUT2D eigenvalue weighted by Gasteiger charge is -2.36. The molecule has 2 aliphatic heterocycles. The summed E-state index contributed by atoms with van der Waals surface area (Å²) in [7, 11) is -3.72. The van der Waals surface area contributed by atoms with Gasteiger partial charge in [0.25, 0.3) is 11.8 Å². The fraction of sp³-hybridized carbons (Fsp3) is 0.372. The molecule has 3 heterocycles. The third kappa shape index (κ3) is 11.1. The first-order chi connectivity index (χ1) is 29.0. The van der Waals surface area contributed by atoms with E-state index in [0.717, 1.165) is 21.8 Å². The average Bonchev–Trinajstić information content (AvgIpc) is 3.46. The highest BCUT2D eigenvalue weighted by Gasteiger charge is 2.42. The number of nitrogens with two attached hydrogens (primary N) is 1. The average molecular weight is 853 g/mol. The SMILES string of the molecule is Cc1cnc(Nc2ccc(N3CCN(C(=O)CCCCNc4ccc5c(c4)C(=O)N(C(CCC=O)C(N)=O)C5=O)CC3)cc2)nc1Nc1cccc(S(=O)(=O)NC(C)(C)C)c1. The van der Waals surface area contributed by atoms with E-state index in [1.54, 1.807) is 63.4 Å². The van der Waals surface area contributed by atoms with E-state index < -0.39 is 39.3 Å². The lowest BCUT2D eigenvalue weighted by Crippen LogP contribution is -2.48. The van der Waals surface area contributed by atoms with E-state index in [9.17, 15) is 32.4 Å². The van der Waals surface area contributed by atoms with Crippen LogP contribution in [0, 0.1) is 6.92 Å². The van der Waals surface area contributed by atoms with Crippen molar-refractivity contribution < 1.29 is 32.4 Å². The Morgan fingerprint density at radius 2 is 1.59 bits per heavy atom. The number of nitrogens with one attached hydrogen (secondary N) is 4. The summed E-state index contributed by atoms with van der Waals surface area (Å²) in [5.41, 5.74) is 8.96. The molecule has 4 aromatic rings. The van der Waals surface area contributed by atoms with Crippen LogP contribution >= 0.6 is 0 Å². The highest BCUT2D eigenvalue weighted by atomic mass is 32.2. The van der Waals surface area contributed by atoms with E-state index in [4.69, 9.17) is 5.73 Å². The highest BCUT2D eigenvalue weighted by molar-refractivity contribution is 7.89. The first kappa shape index (κ1) is 44.2. The van der Waals surface area contributed by atoms with Gasteiger partial charge >= 0.3 is 0 Å². The van der Waals surface area contributed by atoms with Gasteiger partial charge in [0.1, 0.15) is 18.1 Å². The Kier molecular flexibility index (Phi) is 13.7. The van der Waals surface area contributed by atoms with Gasteiger partial charge in [-0.3, -0.25) is 24.1 Å². The summed E-state index contributed by atoms with van der Waals surface area (Å²) in [6, 6.07) is 18.1. The molecular formula is C43H52N10O7S. The van der Waals surface area contributed by atoms with Gasteiger partial charge in [-0.25, -0.2) is 18.1 Å². The Hall–Kier alpha value is -6.40. The maximum absolute atomic E-state index is 13.1. The lowest BCUT2D eigenvalue weighted by molar-refractivity contribution is -0.131. The summed E-state index contributed by atoms with van der Waals surface area (Å²) in [6.45, 7) is 10.4. The second-order valence-corrected chi connectivity index (χ2v) is 17.7. The van der Waals surface area contributed by atoms with E-state index in [1.807, 2.05) is 36.1 Å². The predicted molar refractivity (Wildman–Crippen MR) is 233 cm³/mol. The van der Waals surface area contributed by atoms with Gasteiger partial charge in [-0.2, -0.15) is 4.98 Å². The van der Waals surface area contributed by atoms with Crippen molar-refractivity contribution in [2.45, 2.75) is 76.3 Å². The third-order valence-corrected chi connectivity index (χ3v) is 12.0. The highest BCUT2D eigenvalue weighted by Crippen LogP contribution is 2.29. The number of amides is 4. The fourth-order valence-corrected chi connectivity index (χ4v) is 8.60. The number of rotatable bonds is 18. The zero-order valence-corrected chi connectivity index (χ0v) is 35.5. The number of hydrogen-bond donors (Lipinski definition) is 5. The zero-order valence-electron chi connectivity index (χ0n) is 34.7. The zero-order chi connectivity index (χ0) is 43.9. The van der Waals surface area contributed by atoms with Crippen LogP contribution in [0.1, 0.15) is 79.2 Å². The maximum atomic E-state index is 13.1. The summed E-state index contributed by atoms with van der Waals surface area (Å²) in [4.78, 5) is 76.0. The molecule has 1 saturated heterocycles. The summed E-state index contributed by atoms with van der Waals surface area (Å²) in [5, 5.41) is 9.71. The van der Waals surface area contributed by atoms with Crippen LogP contribution < -0.4 is 31.3 Å². The fourth-order valence-electron chi connectivity index (χ4n) is 7.14. The number of aldehydes is 1. The standard InChI is InChI=1S/C43H52N10O7S/c1-28-27-46-42(49-39(28)47-31-9-7-10-33(25-31)61(59,60)50-43(2,3)4)48-29-13-16-32(17-14-29)51-20-22-52(23-21-51)37(55)12-5-6-19-45-30-15-18-34-35(26-30)41(58)53(40(34)57)36(38(44)56)11-8-24-54/h7,9-10,13-18,24-27,36,45,50H,5-6,8,11-12,19-23H2,1-4H3,(H2,44,56)(H2,46,47,48,49). The van der Waals surface area contributed by atoms with Crippen LogP contribution in [0.2, 0.25) is 0 Å². The number of fused-ring (bicyclic) bond motifs is 1. The quantitative estimate of drug-likeness (QED) is 0.0520. The first-order valence-electron chi connectivity index (χ1n) is 20.2. The smallest absolute Gasteiger partial charge is 0.262 e. The topological polar surface area (TPSA) is 229 Å². The molecule has 0 aliphatic carbocycles. The van der Waals surface area contributed by atoms with Crippen LogP contribution in [0.3, 0.4) is 0 Å². The number of aryl methyl sites for hydroxylation is 1. The molecule has 6 rings (SSSR count). The van der Waals surface area contributed by atoms with Crippen LogP contribution in [0.15, 0.2) is 77.8 Å². The number of benzene rings is 3. The van der Waals surface area contributed by atoms with Gasteiger partial charge in [0.15, 0.2) is 0 Å². The number of primary amides is 1. The number of imide groups is 1. The van der Waals surface area contributed by atoms with E-state index in [2.05, 4.69) is 35.5 Å². The molecule has 2 aliphatic rings. The number of sulfonamides is 1. The molecule has 17 nitrogen and oxygen atoms in total. The monoisotopic (exact) mass is 852 g/mol. The number of unbranched alkanes of at least 4 members (excludes halogenated alkanes) is 1. The minimum absolute atomic E-state index is 0.0103. The number of carbonyl (C=O) groups is 5. The summed E-state index contributed by atoms with van der Waals surface area (Å²) >= 11 is 0. The van der Waals surface area contributed by atoms with E-state index in [0.29, 0.717) is 81.4 Å². The lowest BCUT2D eigenvalue weighted by atomic mass is 10.1. The molecule has 18 heteroatoms. The van der Waals surface area contributed by atoms with Crippen molar-refractivity contribution in [1.29, 1.82) is 0 Å². The minimum atomic E-state index is -3.72. The normalized spacial score (nSPS) is 14.7. The molecule has 322 valence electrons. The van der Waals surface area contributed by atoms with Crippen LogP contribution in [-0.2, 0) is 24.4 Å². The molecule has 1 atom stereocenters. The van der Waals surface area contributed by atoms with Crippen molar-refractivity contribution in [3.8, 4) is 0 Å². The third-order valence-electron chi connectivity index (χ3n) is 10.2. The van der Waals surface area contributed by atoms with Crippen molar-refractivity contribution in [2.24, 2.45) is 5.73 Å². The Labute approximate surface area is 355 Å². The number of piperazine rings is 1. The van der Waals surface area contributed by atoms with Gasteiger partial charge in [0.2, 0.25) is 27.8 Å². The summed E-state index contributed by atoms with van der Waals surface area (Å²) in [5.74, 6) is -1.08. The van der Waals surface area contributed by atoms with Crippen molar-refractivity contribution >= 4 is 74.5 Å². The molecule has 61 heavy (non-hydrogen) atoms. The second-order valence-electron chi connectivity index (χ2n) is 16.1. The first-order valence-corrected chi connectivity index (χ1v) is 21.6. The van der Waals surface area contributed by atoms with Gasteiger partial charge in [0.05, 0.1) is 16.0 Å². The number of hydrogen-bond acceptors (Lipinski definition) is 13. The van der Waals surface area contributed by atoms with Gasteiger partial charge in [0, 0.05) is 85.6 Å². The molecule has 0 radical (unpaired) electrons. The maximum Gasteiger partial charge on any atom is 0.262 e. The molecule has 0 bridgehead atoms. The van der Waals surface area contributed by atoms with Gasteiger partial charge in [-0.05, 0) is 108 Å². The Bertz CT molecular complexity index is 2390. The van der Waals surface area contributed by atoms with E-state index >= 15 is 0 Å². The Morgan fingerprint density at radius 1 is 0.885 bits per heavy atom. The molecular weight excluding hydrogens is 801 g/mol. The molecule has 6 N–H and O–H groups in total. The number of nitrogens with zero attached hydrogens (tertiary/aromatic N) is 5. The molecule has 0 spiro atoms. The number of carbonyl (C=O) groups excluding carboxylic acids is 5. The Morgan fingerprint density at radius 3 is 2.28 bits per heavy atom. The minimum Gasteiger partial charge on any atom is -0.385 e. The number of anilines is 6. The van der Waals surface area contributed by atoms with Gasteiger partial charge in [-0.1, -0.05) is 6.07 Å². The summed E-state index contributed by atoms with van der Waals surface area (Å²) in [6.07, 6.45) is 4.05. The second kappa shape index (κ2) is 18.9. The van der Waals surface area contributed by atoms with Gasteiger partial charge in [-0.15, -0.1) is 0 Å². The summed E-state index contributed by atoms with van der Waals surface area (Å²) < 4.78 is 28.4. The van der Waals surface area contributed by atoms with Crippen molar-refractivity contribution in [3.63, 3.8) is 0 Å². The van der Waals surface area contributed by atoms with Crippen LogP contribution in [0.25, 0.3) is 0 Å². The van der Waals surface area contributed by atoms with E-state index in [1.165, 1.54) is 6.07 Å². The molecule has 0 saturated carbocycles. The van der Waals surface area contributed by atoms with Crippen LogP contribution in [0.4, 0.5) is 34.5 Å².